The normalized spacial score (nSPS) is 12.4. The summed E-state index contributed by atoms with van der Waals surface area (Å²) in [4.78, 5) is 24.3. The molecule has 0 aliphatic rings. The lowest BCUT2D eigenvalue weighted by Crippen LogP contribution is -2.37. The van der Waals surface area contributed by atoms with Gasteiger partial charge in [0.25, 0.3) is 0 Å². The first-order valence-electron chi connectivity index (χ1n) is 5.54. The van der Waals surface area contributed by atoms with Crippen LogP contribution in [0.5, 0.6) is 0 Å². The van der Waals surface area contributed by atoms with Crippen molar-refractivity contribution in [1.82, 2.24) is 4.90 Å². The van der Waals surface area contributed by atoms with Crippen LogP contribution in [0.15, 0.2) is 11.1 Å². The zero-order valence-electron chi connectivity index (χ0n) is 10.7. The van der Waals surface area contributed by atoms with Gasteiger partial charge in [-0.2, -0.15) is 0 Å². The molecule has 0 unspecified atom stereocenters. The molecule has 16 heavy (non-hydrogen) atoms. The number of rotatable bonds is 5. The molecule has 0 aliphatic heterocycles. The van der Waals surface area contributed by atoms with Gasteiger partial charge >= 0.3 is 5.97 Å². The molecule has 0 aromatic heterocycles. The maximum atomic E-state index is 12.0. The standard InChI is InChI=1S/C12H21NO3/c1-6-10(7-2)13(5)11(14)8(3)9(4)12(15)16/h10H,6-7H2,1-5H3,(H,15,16). The molecule has 0 aromatic rings. The number of nitrogens with zero attached hydrogens (tertiary/aromatic N) is 1. The highest BCUT2D eigenvalue weighted by Crippen LogP contribution is 2.13. The van der Waals surface area contributed by atoms with E-state index in [1.165, 1.54) is 6.92 Å². The third-order valence-electron chi connectivity index (χ3n) is 3.01. The number of carbonyl (C=O) groups excluding carboxylic acids is 1. The average Bonchev–Trinajstić information content (AvgIpc) is 2.27. The molecule has 0 rings (SSSR count). The van der Waals surface area contributed by atoms with Crippen molar-refractivity contribution in [3.63, 3.8) is 0 Å². The summed E-state index contributed by atoms with van der Waals surface area (Å²) in [5.41, 5.74) is 0.421. The summed E-state index contributed by atoms with van der Waals surface area (Å²) in [5.74, 6) is -1.24. The Hall–Kier alpha value is -1.32. The summed E-state index contributed by atoms with van der Waals surface area (Å²) < 4.78 is 0. The third kappa shape index (κ3) is 3.36. The van der Waals surface area contributed by atoms with Gasteiger partial charge in [0.05, 0.1) is 0 Å². The largest absolute Gasteiger partial charge is 0.478 e. The van der Waals surface area contributed by atoms with E-state index >= 15 is 0 Å². The van der Waals surface area contributed by atoms with Gasteiger partial charge in [-0.1, -0.05) is 13.8 Å². The molecule has 0 fully saturated rings. The van der Waals surface area contributed by atoms with E-state index in [1.807, 2.05) is 13.8 Å². The molecule has 0 aromatic carbocycles. The lowest BCUT2D eigenvalue weighted by Gasteiger charge is -2.26. The van der Waals surface area contributed by atoms with Crippen LogP contribution in [0.2, 0.25) is 0 Å². The van der Waals surface area contributed by atoms with Crippen LogP contribution in [0.25, 0.3) is 0 Å². The monoisotopic (exact) mass is 227 g/mol. The fourth-order valence-corrected chi connectivity index (χ4v) is 1.59. The molecule has 0 heterocycles. The Morgan fingerprint density at radius 3 is 1.88 bits per heavy atom. The van der Waals surface area contributed by atoms with Crippen LogP contribution >= 0.6 is 0 Å². The Morgan fingerprint density at radius 2 is 1.56 bits per heavy atom. The molecule has 0 saturated carbocycles. The molecule has 0 saturated heterocycles. The summed E-state index contributed by atoms with van der Waals surface area (Å²) >= 11 is 0. The number of likely N-dealkylation sites (N-methyl/N-ethyl adjacent to an activating group) is 1. The first kappa shape index (κ1) is 14.7. The van der Waals surface area contributed by atoms with E-state index in [1.54, 1.807) is 18.9 Å². The molecule has 1 amide bonds. The number of aliphatic carboxylic acids is 1. The number of amides is 1. The van der Waals surface area contributed by atoms with Crippen LogP contribution in [0.4, 0.5) is 0 Å². The van der Waals surface area contributed by atoms with Crippen molar-refractivity contribution in [2.75, 3.05) is 7.05 Å². The molecular weight excluding hydrogens is 206 g/mol. The highest BCUT2D eigenvalue weighted by molar-refractivity contribution is 6.01. The Kier molecular flexibility index (Phi) is 5.78. The van der Waals surface area contributed by atoms with Gasteiger partial charge in [-0.05, 0) is 26.7 Å². The molecular formula is C12H21NO3. The second-order valence-corrected chi connectivity index (χ2v) is 3.94. The topological polar surface area (TPSA) is 57.6 Å². The van der Waals surface area contributed by atoms with Crippen molar-refractivity contribution in [2.45, 2.75) is 46.6 Å². The highest BCUT2D eigenvalue weighted by Gasteiger charge is 2.20. The minimum Gasteiger partial charge on any atom is -0.478 e. The predicted octanol–water partition coefficient (Wildman–Crippen LogP) is 2.05. The molecule has 0 radical (unpaired) electrons. The minimum absolute atomic E-state index is 0.114. The second-order valence-electron chi connectivity index (χ2n) is 3.94. The number of carboxylic acids is 1. The summed E-state index contributed by atoms with van der Waals surface area (Å²) in [6.07, 6.45) is 1.75. The summed E-state index contributed by atoms with van der Waals surface area (Å²) in [7, 11) is 1.72. The first-order chi connectivity index (χ1) is 7.36. The molecule has 0 bridgehead atoms. The van der Waals surface area contributed by atoms with Crippen molar-refractivity contribution in [3.8, 4) is 0 Å². The smallest absolute Gasteiger partial charge is 0.331 e. The Morgan fingerprint density at radius 1 is 1.12 bits per heavy atom. The number of hydrogen-bond acceptors (Lipinski definition) is 2. The molecule has 0 atom stereocenters. The fourth-order valence-electron chi connectivity index (χ4n) is 1.59. The van der Waals surface area contributed by atoms with Gasteiger partial charge in [0.1, 0.15) is 0 Å². The highest BCUT2D eigenvalue weighted by atomic mass is 16.4. The predicted molar refractivity (Wildman–Crippen MR) is 63.1 cm³/mol. The lowest BCUT2D eigenvalue weighted by atomic mass is 10.1. The second kappa shape index (κ2) is 6.30. The molecule has 0 aliphatic carbocycles. The van der Waals surface area contributed by atoms with Gasteiger partial charge in [-0.3, -0.25) is 4.79 Å². The van der Waals surface area contributed by atoms with Crippen molar-refractivity contribution >= 4 is 11.9 Å². The lowest BCUT2D eigenvalue weighted by molar-refractivity contribution is -0.134. The van der Waals surface area contributed by atoms with Crippen LogP contribution in [-0.4, -0.2) is 35.0 Å². The average molecular weight is 227 g/mol. The van der Waals surface area contributed by atoms with Crippen LogP contribution in [0, 0.1) is 0 Å². The van der Waals surface area contributed by atoms with E-state index in [9.17, 15) is 9.59 Å². The SMILES string of the molecule is CCC(CC)N(C)C(=O)C(C)=C(C)C(=O)O. The van der Waals surface area contributed by atoms with Gasteiger partial charge < -0.3 is 10.0 Å². The number of carbonyl (C=O) groups is 2. The molecule has 4 nitrogen and oxygen atoms in total. The van der Waals surface area contributed by atoms with E-state index in [0.717, 1.165) is 12.8 Å². The Bertz CT molecular complexity index is 303. The zero-order chi connectivity index (χ0) is 12.9. The van der Waals surface area contributed by atoms with Crippen LogP contribution in [0.3, 0.4) is 0 Å². The van der Waals surface area contributed by atoms with Crippen molar-refractivity contribution in [2.24, 2.45) is 0 Å². The van der Waals surface area contributed by atoms with Crippen LogP contribution in [-0.2, 0) is 9.59 Å². The van der Waals surface area contributed by atoms with E-state index in [-0.39, 0.29) is 17.5 Å². The first-order valence-corrected chi connectivity index (χ1v) is 5.54. The maximum absolute atomic E-state index is 12.0. The summed E-state index contributed by atoms with van der Waals surface area (Å²) in [6, 6.07) is 0.170. The Labute approximate surface area is 96.9 Å². The van der Waals surface area contributed by atoms with Gasteiger partial charge in [0, 0.05) is 24.2 Å². The maximum Gasteiger partial charge on any atom is 0.331 e. The molecule has 0 spiro atoms. The van der Waals surface area contributed by atoms with Gasteiger partial charge in [0.2, 0.25) is 5.91 Å². The summed E-state index contributed by atoms with van der Waals surface area (Å²) in [5, 5.41) is 8.81. The van der Waals surface area contributed by atoms with Crippen LogP contribution < -0.4 is 0 Å². The molecule has 1 N–H and O–H groups in total. The van der Waals surface area contributed by atoms with Crippen molar-refractivity contribution in [1.29, 1.82) is 0 Å². The minimum atomic E-state index is -1.04. The third-order valence-corrected chi connectivity index (χ3v) is 3.01. The van der Waals surface area contributed by atoms with Crippen LogP contribution in [0.1, 0.15) is 40.5 Å². The Balaban J connectivity index is 4.93. The van der Waals surface area contributed by atoms with E-state index < -0.39 is 5.97 Å². The number of hydrogen-bond donors (Lipinski definition) is 1. The number of carboxylic acid groups (broad SMARTS) is 1. The quantitative estimate of drug-likeness (QED) is 0.731. The van der Waals surface area contributed by atoms with Gasteiger partial charge in [-0.15, -0.1) is 0 Å². The fraction of sp³-hybridized carbons (Fsp3) is 0.667. The van der Waals surface area contributed by atoms with E-state index in [2.05, 4.69) is 0 Å². The molecule has 92 valence electrons. The van der Waals surface area contributed by atoms with Gasteiger partial charge in [-0.25, -0.2) is 4.79 Å². The van der Waals surface area contributed by atoms with Gasteiger partial charge in [0.15, 0.2) is 0 Å². The summed E-state index contributed by atoms with van der Waals surface area (Å²) in [6.45, 7) is 7.04. The van der Waals surface area contributed by atoms with E-state index in [4.69, 9.17) is 5.11 Å². The van der Waals surface area contributed by atoms with Crippen molar-refractivity contribution in [3.05, 3.63) is 11.1 Å². The zero-order valence-corrected chi connectivity index (χ0v) is 10.7. The van der Waals surface area contributed by atoms with Crippen molar-refractivity contribution < 1.29 is 14.7 Å². The van der Waals surface area contributed by atoms with E-state index in [0.29, 0.717) is 5.57 Å². The molecule has 4 heteroatoms.